The molecule has 22 heavy (non-hydrogen) atoms. The fourth-order valence-corrected chi connectivity index (χ4v) is 1.88. The monoisotopic (exact) mass is 308 g/mol. The van der Waals surface area contributed by atoms with Crippen molar-refractivity contribution in [1.82, 2.24) is 15.4 Å². The molecule has 7 heteroatoms. The minimum absolute atomic E-state index is 0.385. The molecule has 0 bridgehead atoms. The summed E-state index contributed by atoms with van der Waals surface area (Å²) in [5.41, 5.74) is 6.53. The van der Waals surface area contributed by atoms with Gasteiger partial charge in [0, 0.05) is 24.9 Å². The first kappa shape index (κ1) is 18.1. The van der Waals surface area contributed by atoms with Crippen molar-refractivity contribution >= 4 is 11.8 Å². The standard InChI is InChI=1S/C15H24N4O3/c1-2-3-7-13(16)15(21)19(22)11-14(20)18-10-8-12-6-4-5-9-17-12/h4-6,9,13,22H,2-3,7-8,10-11,16H2,1H3,(H,18,20)/t13-/m0/s1. The van der Waals surface area contributed by atoms with Gasteiger partial charge in [-0.3, -0.25) is 19.8 Å². The first-order valence-electron chi connectivity index (χ1n) is 7.47. The number of aromatic nitrogens is 1. The highest BCUT2D eigenvalue weighted by Gasteiger charge is 2.21. The number of nitrogens with zero attached hydrogens (tertiary/aromatic N) is 2. The van der Waals surface area contributed by atoms with Gasteiger partial charge in [0.15, 0.2) is 0 Å². The molecule has 0 aliphatic heterocycles. The average Bonchev–Trinajstić information content (AvgIpc) is 2.52. The Balaban J connectivity index is 2.27. The van der Waals surface area contributed by atoms with Crippen LogP contribution in [-0.2, 0) is 16.0 Å². The molecule has 1 atom stereocenters. The maximum absolute atomic E-state index is 11.7. The molecule has 7 nitrogen and oxygen atoms in total. The number of rotatable bonds is 9. The number of unbranched alkanes of at least 4 members (excludes halogenated alkanes) is 1. The van der Waals surface area contributed by atoms with E-state index >= 15 is 0 Å². The van der Waals surface area contributed by atoms with E-state index < -0.39 is 24.4 Å². The zero-order valence-corrected chi connectivity index (χ0v) is 12.9. The van der Waals surface area contributed by atoms with Crippen LogP contribution in [-0.4, -0.2) is 46.2 Å². The van der Waals surface area contributed by atoms with E-state index in [0.29, 0.717) is 24.4 Å². The Morgan fingerprint density at radius 3 is 2.86 bits per heavy atom. The molecule has 0 radical (unpaired) electrons. The highest BCUT2D eigenvalue weighted by Crippen LogP contribution is 2.01. The van der Waals surface area contributed by atoms with Crippen LogP contribution in [0.5, 0.6) is 0 Å². The molecule has 4 N–H and O–H groups in total. The Kier molecular flexibility index (Phi) is 8.09. The molecule has 2 amide bonds. The van der Waals surface area contributed by atoms with Crippen LogP contribution in [0.1, 0.15) is 31.9 Å². The largest absolute Gasteiger partial charge is 0.354 e. The van der Waals surface area contributed by atoms with Gasteiger partial charge < -0.3 is 11.1 Å². The van der Waals surface area contributed by atoms with E-state index in [-0.39, 0.29) is 0 Å². The number of hydrogen-bond donors (Lipinski definition) is 3. The van der Waals surface area contributed by atoms with E-state index in [0.717, 1.165) is 18.5 Å². The molecule has 1 rings (SSSR count). The van der Waals surface area contributed by atoms with Crippen molar-refractivity contribution in [3.8, 4) is 0 Å². The number of hydrogen-bond acceptors (Lipinski definition) is 5. The third-order valence-corrected chi connectivity index (χ3v) is 3.16. The SMILES string of the molecule is CCCC[C@H](N)C(=O)N(O)CC(=O)NCCc1ccccn1. The summed E-state index contributed by atoms with van der Waals surface area (Å²) < 4.78 is 0. The van der Waals surface area contributed by atoms with E-state index in [4.69, 9.17) is 5.73 Å². The second-order valence-electron chi connectivity index (χ2n) is 5.07. The fraction of sp³-hybridized carbons (Fsp3) is 0.533. The lowest BCUT2D eigenvalue weighted by atomic mass is 10.1. The summed E-state index contributed by atoms with van der Waals surface area (Å²) in [7, 11) is 0. The van der Waals surface area contributed by atoms with Crippen LogP contribution in [0.3, 0.4) is 0 Å². The van der Waals surface area contributed by atoms with Gasteiger partial charge in [0.25, 0.3) is 5.91 Å². The Hall–Kier alpha value is -1.99. The van der Waals surface area contributed by atoms with Crippen molar-refractivity contribution in [2.45, 2.75) is 38.6 Å². The first-order valence-corrected chi connectivity index (χ1v) is 7.47. The number of nitrogens with one attached hydrogen (secondary N) is 1. The van der Waals surface area contributed by atoms with Crippen LogP contribution < -0.4 is 11.1 Å². The molecule has 122 valence electrons. The number of nitrogens with two attached hydrogens (primary N) is 1. The van der Waals surface area contributed by atoms with Gasteiger partial charge in [-0.25, -0.2) is 5.06 Å². The van der Waals surface area contributed by atoms with Crippen LogP contribution in [0.2, 0.25) is 0 Å². The molecule has 0 saturated heterocycles. The molecular weight excluding hydrogens is 284 g/mol. The normalized spacial score (nSPS) is 11.8. The molecule has 0 aliphatic rings. The van der Waals surface area contributed by atoms with Crippen molar-refractivity contribution in [2.75, 3.05) is 13.1 Å². The molecule has 1 heterocycles. The van der Waals surface area contributed by atoms with Crippen LogP contribution >= 0.6 is 0 Å². The summed E-state index contributed by atoms with van der Waals surface area (Å²) in [6.07, 6.45) is 4.48. The second kappa shape index (κ2) is 9.86. The highest BCUT2D eigenvalue weighted by molar-refractivity contribution is 5.86. The molecule has 0 spiro atoms. The van der Waals surface area contributed by atoms with Gasteiger partial charge in [0.2, 0.25) is 5.91 Å². The third kappa shape index (κ3) is 6.64. The van der Waals surface area contributed by atoms with Crippen molar-refractivity contribution in [1.29, 1.82) is 0 Å². The van der Waals surface area contributed by atoms with Crippen molar-refractivity contribution in [3.63, 3.8) is 0 Å². The van der Waals surface area contributed by atoms with E-state index in [1.807, 2.05) is 25.1 Å². The average molecular weight is 308 g/mol. The minimum atomic E-state index is -0.772. The van der Waals surface area contributed by atoms with Crippen LogP contribution in [0.25, 0.3) is 0 Å². The lowest BCUT2D eigenvalue weighted by molar-refractivity contribution is -0.170. The van der Waals surface area contributed by atoms with E-state index in [1.54, 1.807) is 6.20 Å². The molecular formula is C15H24N4O3. The molecule has 0 fully saturated rings. The van der Waals surface area contributed by atoms with E-state index in [1.165, 1.54) is 0 Å². The number of amides is 2. The second-order valence-corrected chi connectivity index (χ2v) is 5.07. The zero-order valence-electron chi connectivity index (χ0n) is 12.9. The lowest BCUT2D eigenvalue weighted by Crippen LogP contribution is -2.46. The molecule has 0 unspecified atom stereocenters. The molecule has 0 saturated carbocycles. The Morgan fingerprint density at radius 1 is 1.45 bits per heavy atom. The molecule has 0 aliphatic carbocycles. The minimum Gasteiger partial charge on any atom is -0.354 e. The van der Waals surface area contributed by atoms with Crippen molar-refractivity contribution < 1.29 is 14.8 Å². The van der Waals surface area contributed by atoms with Gasteiger partial charge in [-0.05, 0) is 18.6 Å². The summed E-state index contributed by atoms with van der Waals surface area (Å²) in [5, 5.41) is 12.6. The van der Waals surface area contributed by atoms with Gasteiger partial charge in [-0.15, -0.1) is 0 Å². The highest BCUT2D eigenvalue weighted by atomic mass is 16.5. The predicted molar refractivity (Wildman–Crippen MR) is 82.0 cm³/mol. The Morgan fingerprint density at radius 2 is 2.23 bits per heavy atom. The molecule has 0 aromatic carbocycles. The fourth-order valence-electron chi connectivity index (χ4n) is 1.88. The van der Waals surface area contributed by atoms with Gasteiger partial charge in [0.1, 0.15) is 6.54 Å². The van der Waals surface area contributed by atoms with Crippen LogP contribution in [0.15, 0.2) is 24.4 Å². The molecule has 1 aromatic heterocycles. The summed E-state index contributed by atoms with van der Waals surface area (Å²) in [4.78, 5) is 27.5. The summed E-state index contributed by atoms with van der Waals surface area (Å²) in [6, 6.07) is 4.78. The van der Waals surface area contributed by atoms with Gasteiger partial charge in [-0.2, -0.15) is 0 Å². The number of pyridine rings is 1. The summed E-state index contributed by atoms with van der Waals surface area (Å²) in [5.74, 6) is -1.07. The Bertz CT molecular complexity index is 467. The topological polar surface area (TPSA) is 109 Å². The predicted octanol–water partition coefficient (Wildman–Crippen LogP) is 0.476. The number of carbonyl (C=O) groups is 2. The first-order chi connectivity index (χ1) is 10.5. The quantitative estimate of drug-likeness (QED) is 0.454. The summed E-state index contributed by atoms with van der Waals surface area (Å²) in [6.45, 7) is 1.96. The van der Waals surface area contributed by atoms with Gasteiger partial charge >= 0.3 is 0 Å². The van der Waals surface area contributed by atoms with Crippen molar-refractivity contribution in [2.24, 2.45) is 5.73 Å². The Labute approximate surface area is 130 Å². The summed E-state index contributed by atoms with van der Waals surface area (Å²) >= 11 is 0. The smallest absolute Gasteiger partial charge is 0.263 e. The maximum atomic E-state index is 11.7. The number of hydroxylamine groups is 2. The van der Waals surface area contributed by atoms with Gasteiger partial charge in [-0.1, -0.05) is 25.8 Å². The molecule has 1 aromatic rings. The maximum Gasteiger partial charge on any atom is 0.263 e. The number of carbonyl (C=O) groups excluding carboxylic acids is 2. The van der Waals surface area contributed by atoms with E-state index in [2.05, 4.69) is 10.3 Å². The zero-order chi connectivity index (χ0) is 16.4. The van der Waals surface area contributed by atoms with Crippen LogP contribution in [0, 0.1) is 0 Å². The lowest BCUT2D eigenvalue weighted by Gasteiger charge is -2.18. The third-order valence-electron chi connectivity index (χ3n) is 3.16. The van der Waals surface area contributed by atoms with Gasteiger partial charge in [0.05, 0.1) is 6.04 Å². The van der Waals surface area contributed by atoms with Crippen LogP contribution in [0.4, 0.5) is 0 Å². The van der Waals surface area contributed by atoms with Crippen molar-refractivity contribution in [3.05, 3.63) is 30.1 Å². The van der Waals surface area contributed by atoms with E-state index in [9.17, 15) is 14.8 Å².